The molecule has 5 nitrogen and oxygen atoms in total. The number of hydrogen-bond acceptors (Lipinski definition) is 4. The molecule has 2 rings (SSSR count). The number of benzene rings is 1. The Labute approximate surface area is 109 Å². The summed E-state index contributed by atoms with van der Waals surface area (Å²) >= 11 is 5.86. The molecule has 0 atom stereocenters. The Morgan fingerprint density at radius 1 is 1.56 bits per heavy atom. The first kappa shape index (κ1) is 12.8. The van der Waals surface area contributed by atoms with Gasteiger partial charge in [-0.1, -0.05) is 18.5 Å². The summed E-state index contributed by atoms with van der Waals surface area (Å²) in [6, 6.07) is 4.47. The van der Waals surface area contributed by atoms with Crippen molar-refractivity contribution in [3.05, 3.63) is 33.3 Å². The zero-order chi connectivity index (χ0) is 13.3. The molecule has 0 N–H and O–H groups in total. The molecule has 0 amide bonds. The Morgan fingerprint density at radius 3 is 2.78 bits per heavy atom. The van der Waals surface area contributed by atoms with E-state index >= 15 is 0 Å². The average Bonchev–Trinajstić information content (AvgIpc) is 2.26. The lowest BCUT2D eigenvalue weighted by Gasteiger charge is -2.39. The second-order valence-electron chi connectivity index (χ2n) is 4.31. The van der Waals surface area contributed by atoms with Crippen molar-refractivity contribution in [3.8, 4) is 0 Å². The van der Waals surface area contributed by atoms with Crippen LogP contribution in [0.4, 0.5) is 11.4 Å². The van der Waals surface area contributed by atoms with Crippen molar-refractivity contribution in [2.45, 2.75) is 13.3 Å². The van der Waals surface area contributed by atoms with Gasteiger partial charge in [0.2, 0.25) is 0 Å². The van der Waals surface area contributed by atoms with E-state index in [1.54, 1.807) is 6.07 Å². The number of ketones is 1. The number of carbonyl (C=O) groups is 1. The summed E-state index contributed by atoms with van der Waals surface area (Å²) in [6.07, 6.45) is 0.510. The molecule has 1 heterocycles. The highest BCUT2D eigenvalue weighted by Crippen LogP contribution is 2.35. The molecule has 0 unspecified atom stereocenters. The molecule has 6 heteroatoms. The number of halogens is 1. The van der Waals surface area contributed by atoms with Crippen molar-refractivity contribution in [2.75, 3.05) is 18.0 Å². The third-order valence-corrected chi connectivity index (χ3v) is 3.40. The summed E-state index contributed by atoms with van der Waals surface area (Å²) in [7, 11) is 0. The van der Waals surface area contributed by atoms with Gasteiger partial charge in [0.15, 0.2) is 0 Å². The molecule has 0 bridgehead atoms. The van der Waals surface area contributed by atoms with Crippen LogP contribution in [0.2, 0.25) is 5.02 Å². The maximum Gasteiger partial charge on any atom is 0.292 e. The van der Waals surface area contributed by atoms with E-state index in [1.807, 2.05) is 11.8 Å². The maximum absolute atomic E-state index is 11.5. The number of nitrogens with zero attached hydrogens (tertiary/aromatic N) is 2. The van der Waals surface area contributed by atoms with Crippen LogP contribution in [0, 0.1) is 16.0 Å². The number of nitro groups is 1. The first-order valence-electron chi connectivity index (χ1n) is 5.74. The Kier molecular flexibility index (Phi) is 3.52. The summed E-state index contributed by atoms with van der Waals surface area (Å²) in [5.74, 6) is 0.199. The molecular formula is C12H13ClN2O3. The molecule has 0 saturated carbocycles. The number of nitro benzene ring substituents is 1. The maximum atomic E-state index is 11.5. The summed E-state index contributed by atoms with van der Waals surface area (Å²) in [4.78, 5) is 23.8. The standard InChI is InChI=1S/C12H13ClN2O3/c1-2-12(16)8-6-14(7-8)11-5-9(13)3-4-10(11)15(17)18/h3-5,8H,2,6-7H2,1H3. The van der Waals surface area contributed by atoms with Gasteiger partial charge in [-0.15, -0.1) is 0 Å². The summed E-state index contributed by atoms with van der Waals surface area (Å²) in [5.41, 5.74) is 0.523. The summed E-state index contributed by atoms with van der Waals surface area (Å²) in [6.45, 7) is 2.90. The number of anilines is 1. The predicted molar refractivity (Wildman–Crippen MR) is 69.1 cm³/mol. The Hall–Kier alpha value is -1.62. The van der Waals surface area contributed by atoms with Crippen molar-refractivity contribution in [1.82, 2.24) is 0 Å². The van der Waals surface area contributed by atoms with Crippen LogP contribution in [0.15, 0.2) is 18.2 Å². The molecule has 0 radical (unpaired) electrons. The smallest absolute Gasteiger partial charge is 0.292 e. The van der Waals surface area contributed by atoms with E-state index in [0.717, 1.165) is 0 Å². The molecular weight excluding hydrogens is 256 g/mol. The topological polar surface area (TPSA) is 63.5 Å². The van der Waals surface area contributed by atoms with Gasteiger partial charge in [-0.05, 0) is 12.1 Å². The minimum Gasteiger partial charge on any atom is -0.364 e. The van der Waals surface area contributed by atoms with Crippen LogP contribution < -0.4 is 4.90 Å². The van der Waals surface area contributed by atoms with Crippen molar-refractivity contribution in [3.63, 3.8) is 0 Å². The number of carbonyl (C=O) groups excluding carboxylic acids is 1. The van der Waals surface area contributed by atoms with E-state index in [2.05, 4.69) is 0 Å². The van der Waals surface area contributed by atoms with Gasteiger partial charge >= 0.3 is 0 Å². The van der Waals surface area contributed by atoms with Gasteiger partial charge in [0.25, 0.3) is 5.69 Å². The number of Topliss-reactive ketones (excluding diaryl/α,β-unsaturated/α-hetero) is 1. The molecule has 0 spiro atoms. The fourth-order valence-corrected chi connectivity index (χ4v) is 2.24. The van der Waals surface area contributed by atoms with E-state index in [9.17, 15) is 14.9 Å². The third-order valence-electron chi connectivity index (χ3n) is 3.16. The van der Waals surface area contributed by atoms with Crippen LogP contribution in [-0.4, -0.2) is 23.8 Å². The fourth-order valence-electron chi connectivity index (χ4n) is 2.07. The van der Waals surface area contributed by atoms with E-state index in [0.29, 0.717) is 30.2 Å². The van der Waals surface area contributed by atoms with E-state index in [-0.39, 0.29) is 17.4 Å². The lowest BCUT2D eigenvalue weighted by molar-refractivity contribution is -0.384. The van der Waals surface area contributed by atoms with Crippen molar-refractivity contribution >= 4 is 28.8 Å². The molecule has 0 aromatic heterocycles. The first-order chi connectivity index (χ1) is 8.52. The van der Waals surface area contributed by atoms with Gasteiger partial charge in [0.05, 0.1) is 10.8 Å². The van der Waals surface area contributed by atoms with Crippen molar-refractivity contribution in [2.24, 2.45) is 5.92 Å². The molecule has 96 valence electrons. The van der Waals surface area contributed by atoms with Crippen LogP contribution in [0.1, 0.15) is 13.3 Å². The lowest BCUT2D eigenvalue weighted by Crippen LogP contribution is -2.50. The van der Waals surface area contributed by atoms with Crippen molar-refractivity contribution in [1.29, 1.82) is 0 Å². The second kappa shape index (κ2) is 4.94. The van der Waals surface area contributed by atoms with Gasteiger partial charge in [-0.25, -0.2) is 0 Å². The average molecular weight is 269 g/mol. The molecule has 1 fully saturated rings. The quantitative estimate of drug-likeness (QED) is 0.622. The van der Waals surface area contributed by atoms with Gasteiger partial charge in [0, 0.05) is 30.6 Å². The molecule has 1 aromatic carbocycles. The number of hydrogen-bond donors (Lipinski definition) is 0. The van der Waals surface area contributed by atoms with Crippen LogP contribution in [-0.2, 0) is 4.79 Å². The van der Waals surface area contributed by atoms with Crippen LogP contribution >= 0.6 is 11.6 Å². The predicted octanol–water partition coefficient (Wildman–Crippen LogP) is 2.66. The highest BCUT2D eigenvalue weighted by Gasteiger charge is 2.34. The SMILES string of the molecule is CCC(=O)C1CN(c2cc(Cl)ccc2[N+](=O)[O-])C1. The third kappa shape index (κ3) is 2.31. The molecule has 1 saturated heterocycles. The van der Waals surface area contributed by atoms with Crippen molar-refractivity contribution < 1.29 is 9.72 Å². The van der Waals surface area contributed by atoms with E-state index in [4.69, 9.17) is 11.6 Å². The summed E-state index contributed by atoms with van der Waals surface area (Å²) in [5, 5.41) is 11.4. The van der Waals surface area contributed by atoms with Gasteiger partial charge in [0.1, 0.15) is 11.5 Å². The minimum absolute atomic E-state index is 0.00594. The largest absolute Gasteiger partial charge is 0.364 e. The monoisotopic (exact) mass is 268 g/mol. The van der Waals surface area contributed by atoms with Crippen LogP contribution in [0.25, 0.3) is 0 Å². The van der Waals surface area contributed by atoms with Crippen LogP contribution in [0.5, 0.6) is 0 Å². The highest BCUT2D eigenvalue weighted by atomic mass is 35.5. The summed E-state index contributed by atoms with van der Waals surface area (Å²) < 4.78 is 0. The zero-order valence-corrected chi connectivity index (χ0v) is 10.7. The molecule has 0 aliphatic carbocycles. The lowest BCUT2D eigenvalue weighted by atomic mass is 9.93. The Morgan fingerprint density at radius 2 is 2.22 bits per heavy atom. The zero-order valence-electron chi connectivity index (χ0n) is 9.93. The van der Waals surface area contributed by atoms with Gasteiger partial charge < -0.3 is 4.90 Å². The fraction of sp³-hybridized carbons (Fsp3) is 0.417. The molecule has 1 aliphatic rings. The Bertz CT molecular complexity index is 498. The van der Waals surface area contributed by atoms with Gasteiger partial charge in [-0.2, -0.15) is 0 Å². The first-order valence-corrected chi connectivity index (χ1v) is 6.12. The molecule has 1 aliphatic heterocycles. The Balaban J connectivity index is 2.18. The molecule has 1 aromatic rings. The van der Waals surface area contributed by atoms with Crippen LogP contribution in [0.3, 0.4) is 0 Å². The second-order valence-corrected chi connectivity index (χ2v) is 4.75. The highest BCUT2D eigenvalue weighted by molar-refractivity contribution is 6.31. The number of rotatable bonds is 4. The van der Waals surface area contributed by atoms with E-state index < -0.39 is 4.92 Å². The minimum atomic E-state index is -0.430. The normalized spacial score (nSPS) is 15.3. The molecule has 18 heavy (non-hydrogen) atoms. The van der Waals surface area contributed by atoms with Gasteiger partial charge in [-0.3, -0.25) is 14.9 Å². The van der Waals surface area contributed by atoms with E-state index in [1.165, 1.54) is 12.1 Å².